The second kappa shape index (κ2) is 7.71. The number of carboxylic acid groups (broad SMARTS) is 1. The van der Waals surface area contributed by atoms with Crippen LogP contribution in [0.3, 0.4) is 0 Å². The van der Waals surface area contributed by atoms with Crippen LogP contribution in [-0.4, -0.2) is 21.3 Å². The standard InChI is InChI=1S/C19H28O4/c1-3-5-11-14-13(4-2)15(12-9-7-6-8-10-12)16(19(22)23)18(21)17(14)20/h12,20-21H,3-11H2,1-2H3,(H,22,23). The summed E-state index contributed by atoms with van der Waals surface area (Å²) in [7, 11) is 0. The minimum Gasteiger partial charge on any atom is -0.504 e. The lowest BCUT2D eigenvalue weighted by Crippen LogP contribution is -2.16. The monoisotopic (exact) mass is 320 g/mol. The van der Waals surface area contributed by atoms with Gasteiger partial charge in [-0.15, -0.1) is 0 Å². The van der Waals surface area contributed by atoms with Crippen molar-refractivity contribution in [1.82, 2.24) is 0 Å². The topological polar surface area (TPSA) is 77.8 Å². The number of rotatable bonds is 6. The lowest BCUT2D eigenvalue weighted by atomic mass is 9.77. The van der Waals surface area contributed by atoms with E-state index in [1.165, 1.54) is 6.42 Å². The van der Waals surface area contributed by atoms with Crippen LogP contribution in [0.1, 0.15) is 91.8 Å². The van der Waals surface area contributed by atoms with E-state index in [1.807, 2.05) is 6.92 Å². The van der Waals surface area contributed by atoms with Crippen LogP contribution >= 0.6 is 0 Å². The predicted octanol–water partition coefficient (Wildman–Crippen LogP) is 4.75. The van der Waals surface area contributed by atoms with Crippen LogP contribution in [0.2, 0.25) is 0 Å². The third kappa shape index (κ3) is 3.46. The fourth-order valence-corrected chi connectivity index (χ4v) is 3.93. The van der Waals surface area contributed by atoms with Crippen LogP contribution in [0.5, 0.6) is 11.5 Å². The number of phenols is 2. The number of aromatic carboxylic acids is 1. The molecule has 23 heavy (non-hydrogen) atoms. The van der Waals surface area contributed by atoms with Gasteiger partial charge in [-0.3, -0.25) is 0 Å². The number of unbranched alkanes of at least 4 members (excludes halogenated alkanes) is 1. The molecule has 0 saturated heterocycles. The Morgan fingerprint density at radius 1 is 1.04 bits per heavy atom. The first-order chi connectivity index (χ1) is 11.0. The highest BCUT2D eigenvalue weighted by atomic mass is 16.4. The Bertz CT molecular complexity index is 571. The van der Waals surface area contributed by atoms with Crippen LogP contribution in [0, 0.1) is 0 Å². The maximum absolute atomic E-state index is 11.8. The summed E-state index contributed by atoms with van der Waals surface area (Å²) in [4.78, 5) is 11.8. The maximum Gasteiger partial charge on any atom is 0.339 e. The Labute approximate surface area is 138 Å². The van der Waals surface area contributed by atoms with Crippen molar-refractivity contribution in [2.75, 3.05) is 0 Å². The molecule has 4 heteroatoms. The Hall–Kier alpha value is -1.71. The van der Waals surface area contributed by atoms with Crippen LogP contribution in [-0.2, 0) is 12.8 Å². The average molecular weight is 320 g/mol. The van der Waals surface area contributed by atoms with Gasteiger partial charge in [0, 0.05) is 5.56 Å². The van der Waals surface area contributed by atoms with Crippen molar-refractivity contribution < 1.29 is 20.1 Å². The van der Waals surface area contributed by atoms with Crippen LogP contribution in [0.4, 0.5) is 0 Å². The molecule has 0 radical (unpaired) electrons. The molecule has 3 N–H and O–H groups in total. The van der Waals surface area contributed by atoms with Gasteiger partial charge in [0.2, 0.25) is 0 Å². The Morgan fingerprint density at radius 2 is 1.70 bits per heavy atom. The van der Waals surface area contributed by atoms with Gasteiger partial charge in [0.05, 0.1) is 0 Å². The smallest absolute Gasteiger partial charge is 0.339 e. The number of hydrogen-bond acceptors (Lipinski definition) is 3. The van der Waals surface area contributed by atoms with E-state index < -0.39 is 11.7 Å². The normalized spacial score (nSPS) is 15.7. The van der Waals surface area contributed by atoms with E-state index in [0.717, 1.165) is 55.2 Å². The summed E-state index contributed by atoms with van der Waals surface area (Å²) in [5.74, 6) is -1.64. The van der Waals surface area contributed by atoms with Crippen molar-refractivity contribution in [2.45, 2.75) is 77.6 Å². The molecule has 0 amide bonds. The molecule has 0 aliphatic heterocycles. The molecule has 0 aromatic heterocycles. The molecule has 2 rings (SSSR count). The molecular weight excluding hydrogens is 292 g/mol. The van der Waals surface area contributed by atoms with Gasteiger partial charge >= 0.3 is 5.97 Å². The second-order valence-corrected chi connectivity index (χ2v) is 6.54. The molecule has 1 aliphatic rings. The SMILES string of the molecule is CCCCc1c(O)c(O)c(C(=O)O)c(C2CCCCC2)c1CC. The van der Waals surface area contributed by atoms with Crippen molar-refractivity contribution in [3.63, 3.8) is 0 Å². The number of carbonyl (C=O) groups is 1. The van der Waals surface area contributed by atoms with Crippen molar-refractivity contribution in [3.05, 3.63) is 22.3 Å². The van der Waals surface area contributed by atoms with Gasteiger partial charge < -0.3 is 15.3 Å². The van der Waals surface area contributed by atoms with Crippen molar-refractivity contribution >= 4 is 5.97 Å². The van der Waals surface area contributed by atoms with Gasteiger partial charge in [-0.25, -0.2) is 4.79 Å². The molecule has 0 atom stereocenters. The number of hydrogen-bond donors (Lipinski definition) is 3. The van der Waals surface area contributed by atoms with E-state index in [4.69, 9.17) is 0 Å². The van der Waals surface area contributed by atoms with Crippen LogP contribution in [0.25, 0.3) is 0 Å². The van der Waals surface area contributed by atoms with E-state index in [-0.39, 0.29) is 17.2 Å². The molecule has 128 valence electrons. The molecule has 4 nitrogen and oxygen atoms in total. The molecule has 0 spiro atoms. The molecule has 1 aliphatic carbocycles. The number of benzene rings is 1. The molecular formula is C19H28O4. The van der Waals surface area contributed by atoms with Crippen LogP contribution < -0.4 is 0 Å². The van der Waals surface area contributed by atoms with E-state index in [1.54, 1.807) is 0 Å². The third-order valence-corrected chi connectivity index (χ3v) is 5.07. The highest BCUT2D eigenvalue weighted by molar-refractivity contribution is 5.95. The number of phenolic OH excluding ortho intramolecular Hbond substituents is 1. The first-order valence-electron chi connectivity index (χ1n) is 8.85. The quantitative estimate of drug-likeness (QED) is 0.661. The summed E-state index contributed by atoms with van der Waals surface area (Å²) in [6, 6.07) is 0. The van der Waals surface area contributed by atoms with Gasteiger partial charge in [0.25, 0.3) is 0 Å². The Kier molecular flexibility index (Phi) is 5.91. The zero-order valence-electron chi connectivity index (χ0n) is 14.2. The lowest BCUT2D eigenvalue weighted by Gasteiger charge is -2.28. The van der Waals surface area contributed by atoms with Crippen molar-refractivity contribution in [2.24, 2.45) is 0 Å². The summed E-state index contributed by atoms with van der Waals surface area (Å²) in [6.45, 7) is 4.08. The molecule has 1 fully saturated rings. The fourth-order valence-electron chi connectivity index (χ4n) is 3.93. The summed E-state index contributed by atoms with van der Waals surface area (Å²) in [5, 5.41) is 30.3. The highest BCUT2D eigenvalue weighted by Gasteiger charge is 2.31. The van der Waals surface area contributed by atoms with E-state index >= 15 is 0 Å². The van der Waals surface area contributed by atoms with Crippen molar-refractivity contribution in [3.8, 4) is 11.5 Å². The van der Waals surface area contributed by atoms with Gasteiger partial charge in [-0.1, -0.05) is 39.5 Å². The first kappa shape index (κ1) is 17.6. The second-order valence-electron chi connectivity index (χ2n) is 6.54. The van der Waals surface area contributed by atoms with E-state index in [2.05, 4.69) is 6.92 Å². The van der Waals surface area contributed by atoms with Gasteiger partial charge in [0.15, 0.2) is 11.5 Å². The fraction of sp³-hybridized carbons (Fsp3) is 0.632. The summed E-state index contributed by atoms with van der Waals surface area (Å²) >= 11 is 0. The first-order valence-corrected chi connectivity index (χ1v) is 8.85. The molecule has 1 aromatic rings. The number of aromatic hydroxyl groups is 2. The molecule has 1 saturated carbocycles. The predicted molar refractivity (Wildman–Crippen MR) is 90.5 cm³/mol. The summed E-state index contributed by atoms with van der Waals surface area (Å²) in [6.07, 6.45) is 8.57. The molecule has 1 aromatic carbocycles. The minimum absolute atomic E-state index is 0.0773. The zero-order chi connectivity index (χ0) is 17.0. The van der Waals surface area contributed by atoms with Gasteiger partial charge in [-0.2, -0.15) is 0 Å². The van der Waals surface area contributed by atoms with Crippen LogP contribution in [0.15, 0.2) is 0 Å². The Balaban J connectivity index is 2.67. The molecule has 0 heterocycles. The maximum atomic E-state index is 11.8. The molecule has 0 bridgehead atoms. The average Bonchev–Trinajstić information content (AvgIpc) is 2.56. The minimum atomic E-state index is -1.14. The lowest BCUT2D eigenvalue weighted by molar-refractivity contribution is 0.0690. The zero-order valence-corrected chi connectivity index (χ0v) is 14.2. The largest absolute Gasteiger partial charge is 0.504 e. The summed E-state index contributed by atoms with van der Waals surface area (Å²) in [5.41, 5.74) is 2.39. The highest BCUT2D eigenvalue weighted by Crippen LogP contribution is 2.46. The molecule has 0 unspecified atom stereocenters. The van der Waals surface area contributed by atoms with E-state index in [0.29, 0.717) is 12.8 Å². The Morgan fingerprint density at radius 3 is 2.22 bits per heavy atom. The van der Waals surface area contributed by atoms with Gasteiger partial charge in [-0.05, 0) is 49.1 Å². The van der Waals surface area contributed by atoms with E-state index in [9.17, 15) is 20.1 Å². The summed E-state index contributed by atoms with van der Waals surface area (Å²) < 4.78 is 0. The number of carboxylic acids is 1. The van der Waals surface area contributed by atoms with Gasteiger partial charge in [0.1, 0.15) is 5.56 Å². The van der Waals surface area contributed by atoms with Crippen molar-refractivity contribution in [1.29, 1.82) is 0 Å². The third-order valence-electron chi connectivity index (χ3n) is 5.07.